The molecule has 212 valence electrons. The minimum atomic E-state index is -0.702. The van der Waals surface area contributed by atoms with Crippen molar-refractivity contribution in [2.75, 3.05) is 37.7 Å². The number of carboxylic acid groups (broad SMARTS) is 1. The van der Waals surface area contributed by atoms with Gasteiger partial charge in [0, 0.05) is 56.4 Å². The first-order valence-electron chi connectivity index (χ1n) is 14.2. The third-order valence-corrected chi connectivity index (χ3v) is 9.96. The highest BCUT2D eigenvalue weighted by molar-refractivity contribution is 7.14. The number of piperidine rings is 1. The summed E-state index contributed by atoms with van der Waals surface area (Å²) < 4.78 is 12.0. The van der Waals surface area contributed by atoms with Gasteiger partial charge in [-0.1, -0.05) is 29.8 Å². The van der Waals surface area contributed by atoms with Gasteiger partial charge in [0.25, 0.3) is 0 Å². The van der Waals surface area contributed by atoms with Crippen molar-refractivity contribution < 1.29 is 19.4 Å². The topological polar surface area (TPSA) is 75.1 Å². The summed E-state index contributed by atoms with van der Waals surface area (Å²) in [6.45, 7) is 7.92. The molecule has 0 saturated carbocycles. The SMILES string of the molecule is Cc1c(COc2c(Cl)cccc2-c2csc(N3CCC(C(=O)O)CC3)n2)ccc2c1CCN(C1CCOCC1)C2. The van der Waals surface area contributed by atoms with Crippen LogP contribution in [0.2, 0.25) is 5.02 Å². The van der Waals surface area contributed by atoms with E-state index >= 15 is 0 Å². The fraction of sp³-hybridized carbons (Fsp3) is 0.484. The average Bonchev–Trinajstić information content (AvgIpc) is 3.48. The number of carbonyl (C=O) groups is 1. The van der Waals surface area contributed by atoms with Gasteiger partial charge in [-0.15, -0.1) is 11.3 Å². The average molecular weight is 582 g/mol. The van der Waals surface area contributed by atoms with E-state index in [4.69, 9.17) is 26.1 Å². The maximum atomic E-state index is 11.3. The number of para-hydroxylation sites is 1. The molecule has 3 aromatic rings. The highest BCUT2D eigenvalue weighted by atomic mass is 35.5. The fourth-order valence-electron chi connectivity index (χ4n) is 6.29. The summed E-state index contributed by atoms with van der Waals surface area (Å²) in [5, 5.41) is 12.8. The molecular weight excluding hydrogens is 546 g/mol. The number of aliphatic carboxylic acids is 1. The van der Waals surface area contributed by atoms with Crippen LogP contribution in [0.4, 0.5) is 5.13 Å². The number of thiazole rings is 1. The quantitative estimate of drug-likeness (QED) is 0.356. The number of rotatable bonds is 7. The van der Waals surface area contributed by atoms with E-state index < -0.39 is 5.97 Å². The van der Waals surface area contributed by atoms with Crippen molar-refractivity contribution >= 4 is 34.0 Å². The zero-order valence-corrected chi connectivity index (χ0v) is 24.5. The van der Waals surface area contributed by atoms with E-state index in [1.54, 1.807) is 11.3 Å². The molecule has 0 spiro atoms. The van der Waals surface area contributed by atoms with E-state index in [1.165, 1.54) is 22.3 Å². The number of aromatic nitrogens is 1. The molecule has 1 aromatic heterocycles. The molecule has 40 heavy (non-hydrogen) atoms. The lowest BCUT2D eigenvalue weighted by Crippen LogP contribution is -2.42. The number of carboxylic acids is 1. The van der Waals surface area contributed by atoms with Crippen molar-refractivity contribution in [2.45, 2.75) is 58.2 Å². The van der Waals surface area contributed by atoms with Gasteiger partial charge in [-0.05, 0) is 73.4 Å². The summed E-state index contributed by atoms with van der Waals surface area (Å²) in [5.74, 6) is -0.318. The molecule has 2 fully saturated rings. The molecule has 9 heteroatoms. The van der Waals surface area contributed by atoms with Crippen molar-refractivity contribution in [2.24, 2.45) is 5.92 Å². The number of anilines is 1. The van der Waals surface area contributed by atoms with E-state index in [0.29, 0.717) is 49.4 Å². The van der Waals surface area contributed by atoms with E-state index in [-0.39, 0.29) is 5.92 Å². The molecule has 4 heterocycles. The minimum Gasteiger partial charge on any atom is -0.487 e. The Bertz CT molecular complexity index is 1360. The van der Waals surface area contributed by atoms with E-state index in [2.05, 4.69) is 28.9 Å². The van der Waals surface area contributed by atoms with Gasteiger partial charge in [-0.25, -0.2) is 4.98 Å². The lowest BCUT2D eigenvalue weighted by Gasteiger charge is -2.38. The van der Waals surface area contributed by atoms with Gasteiger partial charge in [0.15, 0.2) is 5.13 Å². The van der Waals surface area contributed by atoms with Crippen molar-refractivity contribution in [3.63, 3.8) is 0 Å². The van der Waals surface area contributed by atoms with Crippen LogP contribution in [0.5, 0.6) is 5.75 Å². The highest BCUT2D eigenvalue weighted by Crippen LogP contribution is 2.39. The van der Waals surface area contributed by atoms with Crippen LogP contribution in [0.3, 0.4) is 0 Å². The van der Waals surface area contributed by atoms with Gasteiger partial charge < -0.3 is 19.5 Å². The van der Waals surface area contributed by atoms with Crippen LogP contribution in [0.15, 0.2) is 35.7 Å². The number of benzene rings is 2. The monoisotopic (exact) mass is 581 g/mol. The van der Waals surface area contributed by atoms with Crippen LogP contribution >= 0.6 is 22.9 Å². The standard InChI is InChI=1S/C31H36ClN3O4S/c1-20-23(6-5-22-17-35(14-9-25(20)22)24-10-15-38-16-11-24)18-39-29-26(3-2-4-27(29)32)28-19-40-31(33-28)34-12-7-21(8-13-34)30(36)37/h2-6,19,21,24H,7-18H2,1H3,(H,36,37). The summed E-state index contributed by atoms with van der Waals surface area (Å²) in [6, 6.07) is 10.9. The van der Waals surface area contributed by atoms with Crippen LogP contribution < -0.4 is 9.64 Å². The molecule has 3 aliphatic heterocycles. The Balaban J connectivity index is 1.15. The van der Waals surface area contributed by atoms with Crippen molar-refractivity contribution in [1.29, 1.82) is 0 Å². The second kappa shape index (κ2) is 12.1. The molecular formula is C31H36ClN3O4S. The molecule has 6 rings (SSSR count). The molecule has 0 amide bonds. The lowest BCUT2D eigenvalue weighted by molar-refractivity contribution is -0.142. The predicted molar refractivity (Wildman–Crippen MR) is 159 cm³/mol. The number of nitrogens with zero attached hydrogens (tertiary/aromatic N) is 3. The molecule has 0 unspecified atom stereocenters. The second-order valence-electron chi connectivity index (χ2n) is 11.1. The highest BCUT2D eigenvalue weighted by Gasteiger charge is 2.28. The van der Waals surface area contributed by atoms with E-state index in [1.807, 2.05) is 23.6 Å². The summed E-state index contributed by atoms with van der Waals surface area (Å²) in [7, 11) is 0. The van der Waals surface area contributed by atoms with Crippen LogP contribution in [0, 0.1) is 12.8 Å². The normalized spacial score (nSPS) is 19.0. The maximum Gasteiger partial charge on any atom is 0.306 e. The molecule has 3 aliphatic rings. The Morgan fingerprint density at radius 3 is 2.73 bits per heavy atom. The van der Waals surface area contributed by atoms with Gasteiger partial charge in [-0.2, -0.15) is 0 Å². The summed E-state index contributed by atoms with van der Waals surface area (Å²) in [4.78, 5) is 21.0. The van der Waals surface area contributed by atoms with Crippen molar-refractivity contribution in [1.82, 2.24) is 9.88 Å². The van der Waals surface area contributed by atoms with E-state index in [9.17, 15) is 9.90 Å². The van der Waals surface area contributed by atoms with Gasteiger partial charge in [0.2, 0.25) is 0 Å². The number of ether oxygens (including phenoxy) is 2. The van der Waals surface area contributed by atoms with Crippen LogP contribution in [0.25, 0.3) is 11.3 Å². The zero-order valence-electron chi connectivity index (χ0n) is 22.9. The van der Waals surface area contributed by atoms with Gasteiger partial charge in [0.05, 0.1) is 16.6 Å². The number of hydrogen-bond donors (Lipinski definition) is 1. The second-order valence-corrected chi connectivity index (χ2v) is 12.3. The zero-order chi connectivity index (χ0) is 27.6. The molecule has 0 radical (unpaired) electrons. The van der Waals surface area contributed by atoms with Crippen LogP contribution in [0.1, 0.15) is 47.9 Å². The third kappa shape index (κ3) is 5.73. The molecule has 0 atom stereocenters. The first kappa shape index (κ1) is 27.5. The maximum absolute atomic E-state index is 11.3. The third-order valence-electron chi connectivity index (χ3n) is 8.76. The Morgan fingerprint density at radius 2 is 1.95 bits per heavy atom. The molecule has 2 saturated heterocycles. The van der Waals surface area contributed by atoms with E-state index in [0.717, 1.165) is 62.0 Å². The Labute approximate surface area is 244 Å². The fourth-order valence-corrected chi connectivity index (χ4v) is 7.40. The first-order chi connectivity index (χ1) is 19.5. The predicted octanol–water partition coefficient (Wildman–Crippen LogP) is 6.19. The Morgan fingerprint density at radius 1 is 1.15 bits per heavy atom. The van der Waals surface area contributed by atoms with Crippen molar-refractivity contribution in [3.8, 4) is 17.0 Å². The largest absolute Gasteiger partial charge is 0.487 e. The number of fused-ring (bicyclic) bond motifs is 1. The molecule has 7 nitrogen and oxygen atoms in total. The molecule has 1 N–H and O–H groups in total. The van der Waals surface area contributed by atoms with Crippen LogP contribution in [-0.2, 0) is 29.1 Å². The first-order valence-corrected chi connectivity index (χ1v) is 15.5. The molecule has 2 aromatic carbocycles. The number of halogens is 1. The molecule has 0 bridgehead atoms. The summed E-state index contributed by atoms with van der Waals surface area (Å²) in [5.41, 5.74) is 7.09. The Kier molecular flexibility index (Phi) is 8.30. The minimum absolute atomic E-state index is 0.262. The Hall–Kier alpha value is -2.65. The van der Waals surface area contributed by atoms with Gasteiger partial charge >= 0.3 is 5.97 Å². The van der Waals surface area contributed by atoms with Crippen LogP contribution in [-0.4, -0.2) is 59.8 Å². The smallest absolute Gasteiger partial charge is 0.306 e. The molecule has 0 aliphatic carbocycles. The van der Waals surface area contributed by atoms with Crippen molar-refractivity contribution in [3.05, 3.63) is 63.0 Å². The lowest BCUT2D eigenvalue weighted by atomic mass is 9.90. The number of hydrogen-bond acceptors (Lipinski definition) is 7. The van der Waals surface area contributed by atoms with Gasteiger partial charge in [0.1, 0.15) is 12.4 Å². The summed E-state index contributed by atoms with van der Waals surface area (Å²) in [6.07, 6.45) is 4.61. The summed E-state index contributed by atoms with van der Waals surface area (Å²) >= 11 is 8.24. The van der Waals surface area contributed by atoms with Gasteiger partial charge in [-0.3, -0.25) is 9.69 Å².